The fourth-order valence-electron chi connectivity index (χ4n) is 5.73. The van der Waals surface area contributed by atoms with E-state index in [-0.39, 0.29) is 33.9 Å². The van der Waals surface area contributed by atoms with Gasteiger partial charge in [-0.15, -0.1) is 0 Å². The van der Waals surface area contributed by atoms with Crippen molar-refractivity contribution in [1.82, 2.24) is 19.9 Å². The van der Waals surface area contributed by atoms with Crippen LogP contribution in [0.3, 0.4) is 0 Å². The van der Waals surface area contributed by atoms with Crippen LogP contribution in [0.1, 0.15) is 36.4 Å². The lowest BCUT2D eigenvalue weighted by Crippen LogP contribution is -2.54. The number of hydrogen-bond donors (Lipinski definition) is 2. The first kappa shape index (κ1) is 33.5. The average Bonchev–Trinajstić information content (AvgIpc) is 3.81. The van der Waals surface area contributed by atoms with E-state index in [1.165, 1.54) is 25.4 Å². The van der Waals surface area contributed by atoms with Gasteiger partial charge >= 0.3 is 0 Å². The van der Waals surface area contributed by atoms with Crippen LogP contribution in [0.15, 0.2) is 61.4 Å². The van der Waals surface area contributed by atoms with Gasteiger partial charge < -0.3 is 30.1 Å². The van der Waals surface area contributed by atoms with Crippen LogP contribution in [-0.4, -0.2) is 76.4 Å². The quantitative estimate of drug-likeness (QED) is 0.204. The predicted octanol–water partition coefficient (Wildman–Crippen LogP) is 5.62. The van der Waals surface area contributed by atoms with Gasteiger partial charge in [0.15, 0.2) is 22.5 Å². The minimum Gasteiger partial charge on any atom is -0.493 e. The number of thiazole rings is 1. The number of benzene rings is 1. The molecule has 6 rings (SSSR count). The fourth-order valence-corrected chi connectivity index (χ4v) is 6.44. The number of halogens is 2. The number of amides is 3. The minimum atomic E-state index is -0.895. The molecule has 1 aliphatic carbocycles. The average molecular weight is 689 g/mol. The number of carbonyl (C=O) groups is 3. The van der Waals surface area contributed by atoms with Crippen LogP contribution in [0.4, 0.5) is 36.9 Å². The molecule has 4 heterocycles. The second-order valence-electron chi connectivity index (χ2n) is 11.7. The van der Waals surface area contributed by atoms with E-state index < -0.39 is 23.2 Å². The monoisotopic (exact) mass is 688 g/mol. The van der Waals surface area contributed by atoms with Crippen molar-refractivity contribution in [3.63, 3.8) is 0 Å². The molecule has 2 aliphatic rings. The second kappa shape index (κ2) is 14.0. The van der Waals surface area contributed by atoms with Crippen LogP contribution in [0.5, 0.6) is 5.75 Å². The van der Waals surface area contributed by atoms with E-state index >= 15 is 0 Å². The molecule has 2 fully saturated rings. The van der Waals surface area contributed by atoms with Crippen molar-refractivity contribution in [3.05, 3.63) is 78.0 Å². The Hall–Kier alpha value is -5.44. The largest absolute Gasteiger partial charge is 0.493 e. The number of nitrogens with one attached hydrogen (secondary N) is 2. The number of rotatable bonds is 10. The van der Waals surface area contributed by atoms with Crippen molar-refractivity contribution in [1.29, 1.82) is 0 Å². The molecule has 1 aromatic carbocycles. The van der Waals surface area contributed by atoms with E-state index in [9.17, 15) is 23.2 Å². The third-order valence-electron chi connectivity index (χ3n) is 8.27. The fraction of sp³-hybridized carbons (Fsp3) is 0.294. The number of carbonyl (C=O) groups excluding carboxylic acids is 3. The third kappa shape index (κ3) is 7.06. The summed E-state index contributed by atoms with van der Waals surface area (Å²) in [5.41, 5.74) is 1.30. The number of para-hydroxylation sites is 1. The molecule has 1 saturated carbocycles. The van der Waals surface area contributed by atoms with Crippen LogP contribution in [-0.2, 0) is 9.59 Å². The first-order chi connectivity index (χ1) is 23.6. The van der Waals surface area contributed by atoms with Crippen molar-refractivity contribution in [2.45, 2.75) is 38.8 Å². The Balaban J connectivity index is 1.29. The number of aromatic nitrogens is 3. The van der Waals surface area contributed by atoms with Crippen molar-refractivity contribution in [3.8, 4) is 17.0 Å². The van der Waals surface area contributed by atoms with Gasteiger partial charge in [0.1, 0.15) is 22.2 Å². The highest BCUT2D eigenvalue weighted by molar-refractivity contribution is 7.17. The number of nitrogens with zero attached hydrogens (tertiary/aromatic N) is 6. The van der Waals surface area contributed by atoms with E-state index in [1.54, 1.807) is 35.1 Å². The van der Waals surface area contributed by atoms with Crippen LogP contribution >= 0.6 is 11.3 Å². The molecule has 254 valence electrons. The molecular formula is C34H34F2N8O4S. The Morgan fingerprint density at radius 1 is 1.10 bits per heavy atom. The molecule has 0 bridgehead atoms. The molecule has 0 radical (unpaired) electrons. The predicted molar refractivity (Wildman–Crippen MR) is 183 cm³/mol. The summed E-state index contributed by atoms with van der Waals surface area (Å²) in [6, 6.07) is 8.71. The Morgan fingerprint density at radius 3 is 2.51 bits per heavy atom. The molecule has 1 atom stereocenters. The summed E-state index contributed by atoms with van der Waals surface area (Å²) in [5, 5.41) is 5.62. The highest BCUT2D eigenvalue weighted by Crippen LogP contribution is 2.40. The maximum Gasteiger partial charge on any atom is 0.267 e. The summed E-state index contributed by atoms with van der Waals surface area (Å²) in [5.74, 6) is -1.38. The first-order valence-corrected chi connectivity index (χ1v) is 16.4. The first-order valence-electron chi connectivity index (χ1n) is 15.6. The molecule has 2 N–H and O–H groups in total. The van der Waals surface area contributed by atoms with Gasteiger partial charge in [0.05, 0.1) is 24.7 Å². The standard InChI is InChI=1S/C34H34F2N8O4S/c1-5-29(46)42-13-14-43(19(2)18-42)32-26(44(20(3)45)22-9-10-22)15-21(16-37-32)25-11-12-27(48-4)31(39-25)41-34-38-17-28(49-34)33(47)40-30-23(35)7-6-8-24(30)36/h5-8,11-12,15-17,19,22H,1,9-10,13-14,18H2,2-4H3,(H,40,47)(H,38,39,41). The number of anilines is 5. The van der Waals surface area contributed by atoms with Gasteiger partial charge in [0.25, 0.3) is 5.91 Å². The van der Waals surface area contributed by atoms with Gasteiger partial charge in [0.2, 0.25) is 11.8 Å². The summed E-state index contributed by atoms with van der Waals surface area (Å²) >= 11 is 0.962. The lowest BCUT2D eigenvalue weighted by atomic mass is 10.1. The van der Waals surface area contributed by atoms with Crippen LogP contribution in [0.25, 0.3) is 11.3 Å². The highest BCUT2D eigenvalue weighted by atomic mass is 32.1. The maximum absolute atomic E-state index is 14.1. The SMILES string of the molecule is C=CC(=O)N1CCN(c2ncc(-c3ccc(OC)c(Nc4ncc(C(=O)Nc5c(F)cccc5F)s4)n3)cc2N(C(C)=O)C2CC2)C(C)C1. The number of ether oxygens (including phenoxy) is 1. The van der Waals surface area contributed by atoms with E-state index in [0.717, 1.165) is 36.3 Å². The zero-order valence-corrected chi connectivity index (χ0v) is 27.9. The number of methoxy groups -OCH3 is 1. The molecule has 0 spiro atoms. The zero-order valence-electron chi connectivity index (χ0n) is 27.1. The van der Waals surface area contributed by atoms with Crippen molar-refractivity contribution in [2.24, 2.45) is 0 Å². The van der Waals surface area contributed by atoms with Gasteiger partial charge in [-0.1, -0.05) is 24.0 Å². The Morgan fingerprint density at radius 2 is 1.86 bits per heavy atom. The van der Waals surface area contributed by atoms with Crippen LogP contribution in [0, 0.1) is 11.6 Å². The van der Waals surface area contributed by atoms with Gasteiger partial charge in [-0.3, -0.25) is 14.4 Å². The number of piperazine rings is 1. The molecule has 15 heteroatoms. The van der Waals surface area contributed by atoms with E-state index in [4.69, 9.17) is 14.7 Å². The van der Waals surface area contributed by atoms with Crippen LogP contribution < -0.4 is 25.2 Å². The Bertz CT molecular complexity index is 1910. The summed E-state index contributed by atoms with van der Waals surface area (Å²) < 4.78 is 33.7. The van der Waals surface area contributed by atoms with E-state index in [2.05, 4.69) is 27.1 Å². The Kier molecular flexibility index (Phi) is 9.53. The molecule has 12 nitrogen and oxygen atoms in total. The molecule has 4 aromatic rings. The normalized spacial score (nSPS) is 15.8. The smallest absolute Gasteiger partial charge is 0.267 e. The van der Waals surface area contributed by atoms with Gasteiger partial charge in [-0.05, 0) is 56.2 Å². The molecule has 3 aromatic heterocycles. The zero-order chi connectivity index (χ0) is 34.8. The van der Waals surface area contributed by atoms with Crippen molar-refractivity contribution >= 4 is 57.2 Å². The molecule has 1 saturated heterocycles. The molecule has 49 heavy (non-hydrogen) atoms. The lowest BCUT2D eigenvalue weighted by Gasteiger charge is -2.41. The van der Waals surface area contributed by atoms with Crippen molar-refractivity contribution < 1.29 is 27.9 Å². The van der Waals surface area contributed by atoms with Crippen molar-refractivity contribution in [2.75, 3.05) is 47.2 Å². The number of pyridine rings is 2. The summed E-state index contributed by atoms with van der Waals surface area (Å²) in [7, 11) is 1.49. The molecule has 1 unspecified atom stereocenters. The topological polar surface area (TPSA) is 133 Å². The van der Waals surface area contributed by atoms with Crippen LogP contribution in [0.2, 0.25) is 0 Å². The van der Waals surface area contributed by atoms with Gasteiger partial charge in [0, 0.05) is 50.4 Å². The second-order valence-corrected chi connectivity index (χ2v) is 12.7. The molecular weight excluding hydrogens is 654 g/mol. The highest BCUT2D eigenvalue weighted by Gasteiger charge is 2.36. The summed E-state index contributed by atoms with van der Waals surface area (Å²) in [6.07, 6.45) is 6.08. The number of hydrogen-bond acceptors (Lipinski definition) is 10. The summed E-state index contributed by atoms with van der Waals surface area (Å²) in [6.45, 7) is 8.69. The Labute approximate surface area is 285 Å². The van der Waals surface area contributed by atoms with E-state index in [1.807, 2.05) is 13.0 Å². The van der Waals surface area contributed by atoms with Gasteiger partial charge in [-0.2, -0.15) is 0 Å². The maximum atomic E-state index is 14.1. The lowest BCUT2D eigenvalue weighted by molar-refractivity contribution is -0.126. The molecule has 1 aliphatic heterocycles. The summed E-state index contributed by atoms with van der Waals surface area (Å²) in [4.78, 5) is 57.7. The van der Waals surface area contributed by atoms with Gasteiger partial charge in [-0.25, -0.2) is 23.7 Å². The third-order valence-corrected chi connectivity index (χ3v) is 9.19. The van der Waals surface area contributed by atoms with E-state index in [0.29, 0.717) is 54.0 Å². The minimum absolute atomic E-state index is 0.0614. The molecule has 3 amide bonds.